The van der Waals surface area contributed by atoms with Gasteiger partial charge in [-0.3, -0.25) is 9.59 Å². The first-order valence-corrected chi connectivity index (χ1v) is 7.35. The van der Waals surface area contributed by atoms with E-state index in [0.717, 1.165) is 19.3 Å². The molecule has 0 bridgehead atoms. The molecule has 1 unspecified atom stereocenters. The number of hydrogen-bond donors (Lipinski definition) is 0. The third-order valence-electron chi connectivity index (χ3n) is 3.19. The van der Waals surface area contributed by atoms with Gasteiger partial charge in [-0.2, -0.15) is 0 Å². The van der Waals surface area contributed by atoms with E-state index in [1.807, 2.05) is 6.08 Å². The van der Waals surface area contributed by atoms with Crippen molar-refractivity contribution in [3.8, 4) is 0 Å². The van der Waals surface area contributed by atoms with E-state index in [4.69, 9.17) is 0 Å². The topological polar surface area (TPSA) is 34.1 Å². The maximum absolute atomic E-state index is 10.7. The number of hydrogen-bond acceptors (Lipinski definition) is 2. The minimum absolute atomic E-state index is 0.145. The van der Waals surface area contributed by atoms with Crippen molar-refractivity contribution < 1.29 is 9.59 Å². The maximum atomic E-state index is 10.7. The van der Waals surface area contributed by atoms with Crippen LogP contribution in [0.1, 0.15) is 59.8 Å². The van der Waals surface area contributed by atoms with Crippen LogP contribution in [0.5, 0.6) is 0 Å². The molecule has 0 fully saturated rings. The SMILES string of the molecule is CC(C)C1C=CC(=O)CC1.CCCC/C=C/C(C)=O. The molecule has 2 heteroatoms. The van der Waals surface area contributed by atoms with Crippen molar-refractivity contribution in [3.63, 3.8) is 0 Å². The molecule has 0 saturated heterocycles. The van der Waals surface area contributed by atoms with Gasteiger partial charge in [0.05, 0.1) is 0 Å². The van der Waals surface area contributed by atoms with Gasteiger partial charge >= 0.3 is 0 Å². The second-order valence-electron chi connectivity index (χ2n) is 5.43. The van der Waals surface area contributed by atoms with Crippen molar-refractivity contribution in [3.05, 3.63) is 24.3 Å². The van der Waals surface area contributed by atoms with Gasteiger partial charge in [-0.05, 0) is 43.8 Å². The van der Waals surface area contributed by atoms with Crippen molar-refractivity contribution in [2.24, 2.45) is 11.8 Å². The first-order valence-electron chi connectivity index (χ1n) is 7.35. The van der Waals surface area contributed by atoms with E-state index < -0.39 is 0 Å². The summed E-state index contributed by atoms with van der Waals surface area (Å²) in [6.45, 7) is 8.11. The standard InChI is InChI=1S/C9H14O.C8H14O/c1-7(2)8-3-5-9(10)6-4-8;1-3-4-5-6-7-8(2)9/h3,5,7-8H,4,6H2,1-2H3;6-7H,3-5H2,1-2H3/b;7-6+. The second-order valence-corrected chi connectivity index (χ2v) is 5.43. The van der Waals surface area contributed by atoms with Gasteiger partial charge in [-0.15, -0.1) is 0 Å². The monoisotopic (exact) mass is 264 g/mol. The largest absolute Gasteiger partial charge is 0.295 e. The van der Waals surface area contributed by atoms with Crippen LogP contribution >= 0.6 is 0 Å². The van der Waals surface area contributed by atoms with Crippen LogP contribution in [-0.4, -0.2) is 11.6 Å². The van der Waals surface area contributed by atoms with Crippen LogP contribution < -0.4 is 0 Å². The Morgan fingerprint density at radius 3 is 2.58 bits per heavy atom. The van der Waals surface area contributed by atoms with E-state index in [2.05, 4.69) is 26.8 Å². The van der Waals surface area contributed by atoms with Gasteiger partial charge in [-0.1, -0.05) is 45.8 Å². The number of ketones is 2. The molecule has 0 aromatic rings. The van der Waals surface area contributed by atoms with E-state index in [1.54, 1.807) is 19.1 Å². The maximum Gasteiger partial charge on any atom is 0.155 e. The third kappa shape index (κ3) is 10.4. The van der Waals surface area contributed by atoms with Gasteiger partial charge in [0.1, 0.15) is 0 Å². The molecule has 0 spiro atoms. The highest BCUT2D eigenvalue weighted by Crippen LogP contribution is 2.22. The van der Waals surface area contributed by atoms with Crippen LogP contribution in [0.25, 0.3) is 0 Å². The average Bonchev–Trinajstić information content (AvgIpc) is 2.36. The molecular formula is C17H28O2. The Balaban J connectivity index is 0.000000344. The summed E-state index contributed by atoms with van der Waals surface area (Å²) < 4.78 is 0. The normalized spacial score (nSPS) is 18.6. The molecule has 0 heterocycles. The summed E-state index contributed by atoms with van der Waals surface area (Å²) in [4.78, 5) is 21.1. The molecule has 19 heavy (non-hydrogen) atoms. The van der Waals surface area contributed by atoms with Crippen LogP contribution in [0.4, 0.5) is 0 Å². The van der Waals surface area contributed by atoms with E-state index in [0.29, 0.717) is 11.8 Å². The van der Waals surface area contributed by atoms with Crippen molar-refractivity contribution in [1.29, 1.82) is 0 Å². The number of unbranched alkanes of at least 4 members (excludes halogenated alkanes) is 2. The Kier molecular flexibility index (Phi) is 10.1. The van der Waals surface area contributed by atoms with E-state index >= 15 is 0 Å². The van der Waals surface area contributed by atoms with Gasteiger partial charge in [0.2, 0.25) is 0 Å². The molecular weight excluding hydrogens is 236 g/mol. The zero-order valence-electron chi connectivity index (χ0n) is 12.8. The second kappa shape index (κ2) is 10.7. The zero-order valence-corrected chi connectivity index (χ0v) is 12.8. The molecule has 1 aliphatic carbocycles. The van der Waals surface area contributed by atoms with Crippen LogP contribution in [0.3, 0.4) is 0 Å². The summed E-state index contributed by atoms with van der Waals surface area (Å²) >= 11 is 0. The lowest BCUT2D eigenvalue weighted by Gasteiger charge is -2.18. The molecule has 0 amide bonds. The highest BCUT2D eigenvalue weighted by atomic mass is 16.1. The van der Waals surface area contributed by atoms with Crippen LogP contribution in [-0.2, 0) is 9.59 Å². The summed E-state index contributed by atoms with van der Waals surface area (Å²) in [5, 5.41) is 0. The number of rotatable bonds is 5. The molecule has 2 nitrogen and oxygen atoms in total. The lowest BCUT2D eigenvalue weighted by molar-refractivity contribution is -0.115. The molecule has 0 aliphatic heterocycles. The third-order valence-corrected chi connectivity index (χ3v) is 3.19. The quantitative estimate of drug-likeness (QED) is 0.541. The average molecular weight is 264 g/mol. The minimum atomic E-state index is 0.145. The summed E-state index contributed by atoms with van der Waals surface area (Å²) in [6, 6.07) is 0. The number of carbonyl (C=O) groups excluding carboxylic acids is 2. The summed E-state index contributed by atoms with van der Waals surface area (Å²) in [7, 11) is 0. The first kappa shape index (κ1) is 17.8. The fraction of sp³-hybridized carbons (Fsp3) is 0.647. The molecule has 1 atom stereocenters. The number of carbonyl (C=O) groups is 2. The van der Waals surface area contributed by atoms with Gasteiger partial charge in [0.15, 0.2) is 11.6 Å². The molecule has 0 radical (unpaired) electrons. The smallest absolute Gasteiger partial charge is 0.155 e. The fourth-order valence-electron chi connectivity index (χ4n) is 1.85. The summed E-state index contributed by atoms with van der Waals surface area (Å²) in [5.74, 6) is 1.75. The molecule has 108 valence electrons. The van der Waals surface area contributed by atoms with Crippen molar-refractivity contribution in [2.75, 3.05) is 0 Å². The van der Waals surface area contributed by atoms with E-state index in [9.17, 15) is 9.59 Å². The van der Waals surface area contributed by atoms with Crippen molar-refractivity contribution >= 4 is 11.6 Å². The summed E-state index contributed by atoms with van der Waals surface area (Å²) in [6.07, 6.45) is 12.6. The van der Waals surface area contributed by atoms with Gasteiger partial charge < -0.3 is 0 Å². The molecule has 0 saturated carbocycles. The molecule has 0 aromatic heterocycles. The van der Waals surface area contributed by atoms with Gasteiger partial charge in [-0.25, -0.2) is 0 Å². The lowest BCUT2D eigenvalue weighted by atomic mass is 9.86. The Bertz CT molecular complexity index is 324. The van der Waals surface area contributed by atoms with E-state index in [-0.39, 0.29) is 11.6 Å². The Labute approximate surface area is 118 Å². The van der Waals surface area contributed by atoms with Crippen LogP contribution in [0, 0.1) is 11.8 Å². The Hall–Kier alpha value is -1.18. The predicted molar refractivity (Wildman–Crippen MR) is 81.1 cm³/mol. The van der Waals surface area contributed by atoms with Crippen molar-refractivity contribution in [1.82, 2.24) is 0 Å². The minimum Gasteiger partial charge on any atom is -0.295 e. The van der Waals surface area contributed by atoms with Gasteiger partial charge in [0.25, 0.3) is 0 Å². The zero-order chi connectivity index (χ0) is 14.7. The highest BCUT2D eigenvalue weighted by molar-refractivity contribution is 5.90. The molecule has 0 N–H and O–H groups in total. The Morgan fingerprint density at radius 2 is 2.16 bits per heavy atom. The van der Waals surface area contributed by atoms with E-state index in [1.165, 1.54) is 12.8 Å². The molecule has 0 aromatic carbocycles. The Morgan fingerprint density at radius 1 is 1.47 bits per heavy atom. The van der Waals surface area contributed by atoms with Crippen LogP contribution in [0.2, 0.25) is 0 Å². The molecule has 1 rings (SSSR count). The molecule has 1 aliphatic rings. The first-order chi connectivity index (χ1) is 8.97. The van der Waals surface area contributed by atoms with Crippen molar-refractivity contribution in [2.45, 2.75) is 59.8 Å². The lowest BCUT2D eigenvalue weighted by Crippen LogP contribution is -2.12. The van der Waals surface area contributed by atoms with Crippen LogP contribution in [0.15, 0.2) is 24.3 Å². The number of allylic oxidation sites excluding steroid dienone is 4. The summed E-state index contributed by atoms with van der Waals surface area (Å²) in [5.41, 5.74) is 0. The fourth-order valence-corrected chi connectivity index (χ4v) is 1.85. The predicted octanol–water partition coefficient (Wildman–Crippen LogP) is 4.50. The highest BCUT2D eigenvalue weighted by Gasteiger charge is 2.15. The van der Waals surface area contributed by atoms with Gasteiger partial charge in [0, 0.05) is 6.42 Å².